The summed E-state index contributed by atoms with van der Waals surface area (Å²) in [5.41, 5.74) is 6.63. The number of aromatic nitrogens is 2. The van der Waals surface area contributed by atoms with E-state index in [-0.39, 0.29) is 11.5 Å². The average molecular weight is 293 g/mol. The van der Waals surface area contributed by atoms with E-state index in [1.807, 2.05) is 49.4 Å². The molecule has 0 aliphatic rings. The van der Waals surface area contributed by atoms with Gasteiger partial charge in [-0.25, -0.2) is 14.8 Å². The monoisotopic (exact) mass is 293 g/mol. The van der Waals surface area contributed by atoms with E-state index >= 15 is 0 Å². The third kappa shape index (κ3) is 2.61. The summed E-state index contributed by atoms with van der Waals surface area (Å²) >= 11 is 0. The Balaban J connectivity index is 1.89. The van der Waals surface area contributed by atoms with E-state index in [0.29, 0.717) is 0 Å². The summed E-state index contributed by atoms with van der Waals surface area (Å²) in [6.45, 7) is 1.83. The van der Waals surface area contributed by atoms with Gasteiger partial charge in [0.15, 0.2) is 11.5 Å². The predicted molar refractivity (Wildman–Crippen MR) is 84.2 cm³/mol. The average Bonchev–Trinajstić information content (AvgIpc) is 2.54. The first-order chi connectivity index (χ1) is 10.7. The number of hydrogen-bond acceptors (Lipinski definition) is 5. The minimum Gasteiger partial charge on any atom is -0.453 e. The second kappa shape index (κ2) is 5.81. The summed E-state index contributed by atoms with van der Waals surface area (Å²) < 4.78 is 5.49. The van der Waals surface area contributed by atoms with Crippen LogP contribution in [0.1, 0.15) is 29.1 Å². The molecule has 5 heteroatoms. The molecule has 1 aromatic heterocycles. The maximum Gasteiger partial charge on any atom is 0.361 e. The van der Waals surface area contributed by atoms with Crippen LogP contribution in [0.3, 0.4) is 0 Å². The smallest absolute Gasteiger partial charge is 0.361 e. The van der Waals surface area contributed by atoms with Crippen molar-refractivity contribution in [2.24, 2.45) is 0 Å². The molecule has 3 aromatic rings. The lowest BCUT2D eigenvalue weighted by Crippen LogP contribution is -2.14. The van der Waals surface area contributed by atoms with Gasteiger partial charge < -0.3 is 10.5 Å². The fourth-order valence-electron chi connectivity index (χ4n) is 2.39. The van der Waals surface area contributed by atoms with Gasteiger partial charge in [0.2, 0.25) is 0 Å². The molecular formula is C17H15N3O2. The number of fused-ring (bicyclic) bond motifs is 1. The minimum absolute atomic E-state index is 0.0367. The Morgan fingerprint density at radius 2 is 1.82 bits per heavy atom. The first-order valence-electron chi connectivity index (χ1n) is 6.92. The summed E-state index contributed by atoms with van der Waals surface area (Å²) in [5, 5.41) is 2.15. The third-order valence-corrected chi connectivity index (χ3v) is 3.47. The molecule has 0 radical (unpaired) electrons. The third-order valence-electron chi connectivity index (χ3n) is 3.47. The molecule has 22 heavy (non-hydrogen) atoms. The molecule has 5 nitrogen and oxygen atoms in total. The first kappa shape index (κ1) is 14.0. The Kier molecular flexibility index (Phi) is 3.70. The lowest BCUT2D eigenvalue weighted by molar-refractivity contribution is 0.0334. The van der Waals surface area contributed by atoms with E-state index in [1.165, 1.54) is 12.4 Å². The molecule has 2 aromatic carbocycles. The van der Waals surface area contributed by atoms with Crippen molar-refractivity contribution in [2.75, 3.05) is 5.73 Å². The maximum atomic E-state index is 12.2. The number of hydrogen-bond donors (Lipinski definition) is 1. The normalized spacial score (nSPS) is 12.0. The van der Waals surface area contributed by atoms with Crippen LogP contribution in [0.4, 0.5) is 5.82 Å². The zero-order valence-electron chi connectivity index (χ0n) is 12.1. The lowest BCUT2D eigenvalue weighted by Gasteiger charge is -2.16. The maximum absolute atomic E-state index is 12.2. The van der Waals surface area contributed by atoms with E-state index in [9.17, 15) is 4.79 Å². The molecule has 1 unspecified atom stereocenters. The molecule has 0 aliphatic heterocycles. The van der Waals surface area contributed by atoms with Gasteiger partial charge in [-0.3, -0.25) is 0 Å². The highest BCUT2D eigenvalue weighted by Crippen LogP contribution is 2.27. The molecule has 110 valence electrons. The van der Waals surface area contributed by atoms with Crippen molar-refractivity contribution in [1.82, 2.24) is 9.97 Å². The van der Waals surface area contributed by atoms with Gasteiger partial charge in [-0.05, 0) is 23.3 Å². The van der Waals surface area contributed by atoms with Crippen molar-refractivity contribution in [1.29, 1.82) is 0 Å². The number of nitrogen functional groups attached to an aromatic ring is 1. The first-order valence-corrected chi connectivity index (χ1v) is 6.92. The fraction of sp³-hybridized carbons (Fsp3) is 0.118. The Morgan fingerprint density at radius 3 is 2.64 bits per heavy atom. The molecule has 0 saturated heterocycles. The standard InChI is InChI=1S/C17H15N3O2/c1-11(22-17(21)15-16(18)20-10-9-19-15)13-8-4-6-12-5-2-3-7-14(12)13/h2-11H,1H3,(H2,18,20). The number of esters is 1. The van der Waals surface area contributed by atoms with E-state index in [2.05, 4.69) is 9.97 Å². The van der Waals surface area contributed by atoms with Gasteiger partial charge in [0, 0.05) is 12.4 Å². The predicted octanol–water partition coefficient (Wildman–Crippen LogP) is 3.13. The van der Waals surface area contributed by atoms with Gasteiger partial charge >= 0.3 is 5.97 Å². The number of carbonyl (C=O) groups excluding carboxylic acids is 1. The van der Waals surface area contributed by atoms with Gasteiger partial charge in [-0.2, -0.15) is 0 Å². The highest BCUT2D eigenvalue weighted by Gasteiger charge is 2.19. The molecule has 0 spiro atoms. The summed E-state index contributed by atoms with van der Waals surface area (Å²) in [7, 11) is 0. The van der Waals surface area contributed by atoms with Crippen LogP contribution >= 0.6 is 0 Å². The van der Waals surface area contributed by atoms with Gasteiger partial charge in [0.25, 0.3) is 0 Å². The molecule has 0 amide bonds. The minimum atomic E-state index is -0.578. The topological polar surface area (TPSA) is 78.1 Å². The van der Waals surface area contributed by atoms with E-state index in [0.717, 1.165) is 16.3 Å². The zero-order valence-corrected chi connectivity index (χ0v) is 12.1. The second-order valence-corrected chi connectivity index (χ2v) is 4.91. The Hall–Kier alpha value is -2.95. The molecule has 1 atom stereocenters. The Bertz CT molecular complexity index is 828. The van der Waals surface area contributed by atoms with Gasteiger partial charge in [-0.15, -0.1) is 0 Å². The van der Waals surface area contributed by atoms with Crippen LogP contribution in [0, 0.1) is 0 Å². The number of rotatable bonds is 3. The van der Waals surface area contributed by atoms with Crippen LogP contribution < -0.4 is 5.73 Å². The molecule has 0 fully saturated rings. The van der Waals surface area contributed by atoms with Crippen LogP contribution in [0.15, 0.2) is 54.9 Å². The lowest BCUT2D eigenvalue weighted by atomic mass is 10.0. The van der Waals surface area contributed by atoms with Crippen LogP contribution in [0.5, 0.6) is 0 Å². The van der Waals surface area contributed by atoms with Crippen molar-refractivity contribution in [3.05, 3.63) is 66.1 Å². The van der Waals surface area contributed by atoms with Crippen molar-refractivity contribution in [2.45, 2.75) is 13.0 Å². The highest BCUT2D eigenvalue weighted by molar-refractivity contribution is 5.92. The van der Waals surface area contributed by atoms with Gasteiger partial charge in [0.1, 0.15) is 6.10 Å². The number of nitrogens with zero attached hydrogens (tertiary/aromatic N) is 2. The summed E-state index contributed by atoms with van der Waals surface area (Å²) in [6, 6.07) is 13.9. The molecule has 3 rings (SSSR count). The molecule has 2 N–H and O–H groups in total. The number of benzene rings is 2. The Labute approximate surface area is 127 Å². The van der Waals surface area contributed by atoms with Crippen molar-refractivity contribution < 1.29 is 9.53 Å². The van der Waals surface area contributed by atoms with E-state index in [4.69, 9.17) is 10.5 Å². The molecular weight excluding hydrogens is 278 g/mol. The van der Waals surface area contributed by atoms with Crippen LogP contribution in [0.2, 0.25) is 0 Å². The molecule has 0 saturated carbocycles. The Morgan fingerprint density at radius 1 is 1.09 bits per heavy atom. The van der Waals surface area contributed by atoms with Crippen molar-refractivity contribution in [3.63, 3.8) is 0 Å². The molecule has 0 aliphatic carbocycles. The summed E-state index contributed by atoms with van der Waals surface area (Å²) in [6.07, 6.45) is 2.43. The van der Waals surface area contributed by atoms with E-state index < -0.39 is 12.1 Å². The van der Waals surface area contributed by atoms with Crippen LogP contribution in [-0.4, -0.2) is 15.9 Å². The summed E-state index contributed by atoms with van der Waals surface area (Å²) in [4.78, 5) is 20.0. The van der Waals surface area contributed by atoms with Crippen molar-refractivity contribution >= 4 is 22.6 Å². The summed E-state index contributed by atoms with van der Waals surface area (Å²) in [5.74, 6) is -0.511. The van der Waals surface area contributed by atoms with Crippen LogP contribution in [-0.2, 0) is 4.74 Å². The van der Waals surface area contributed by atoms with Gasteiger partial charge in [-0.1, -0.05) is 42.5 Å². The highest BCUT2D eigenvalue weighted by atomic mass is 16.5. The van der Waals surface area contributed by atoms with E-state index in [1.54, 1.807) is 0 Å². The second-order valence-electron chi connectivity index (χ2n) is 4.91. The van der Waals surface area contributed by atoms with Crippen LogP contribution in [0.25, 0.3) is 10.8 Å². The SMILES string of the molecule is CC(OC(=O)c1nccnc1N)c1cccc2ccccc12. The number of carbonyl (C=O) groups is 1. The molecule has 0 bridgehead atoms. The molecule has 1 heterocycles. The number of ether oxygens (including phenoxy) is 1. The number of nitrogens with two attached hydrogens (primary N) is 1. The van der Waals surface area contributed by atoms with Gasteiger partial charge in [0.05, 0.1) is 0 Å². The largest absolute Gasteiger partial charge is 0.453 e. The number of anilines is 1. The quantitative estimate of drug-likeness (QED) is 0.751. The van der Waals surface area contributed by atoms with Crippen molar-refractivity contribution in [3.8, 4) is 0 Å². The zero-order chi connectivity index (χ0) is 15.5. The fourth-order valence-corrected chi connectivity index (χ4v) is 2.39.